The van der Waals surface area contributed by atoms with Gasteiger partial charge < -0.3 is 18.3 Å². The van der Waals surface area contributed by atoms with Crippen LogP contribution in [0.15, 0.2) is 48.6 Å². The number of methoxy groups -OCH3 is 1. The Morgan fingerprint density at radius 1 is 0.919 bits per heavy atom. The van der Waals surface area contributed by atoms with E-state index < -0.39 is 16.6 Å². The summed E-state index contributed by atoms with van der Waals surface area (Å²) in [7, 11) is -2.23. The van der Waals surface area contributed by atoms with E-state index in [2.05, 4.69) is 94.2 Å². The molecule has 6 heteroatoms. The first kappa shape index (κ1) is 33.8. The number of hydrogen-bond donors (Lipinski definition) is 0. The van der Waals surface area contributed by atoms with E-state index in [9.17, 15) is 0 Å². The molecule has 3 atom stereocenters. The maximum absolute atomic E-state index is 7.05. The molecule has 0 unspecified atom stereocenters. The third-order valence-electron chi connectivity index (χ3n) is 8.17. The minimum absolute atomic E-state index is 0.0628. The predicted octanol–water partition coefficient (Wildman–Crippen LogP) is 9.01. The normalized spacial score (nSPS) is 16.3. The van der Waals surface area contributed by atoms with E-state index in [0.717, 1.165) is 11.3 Å². The molecular formula is C31H56O4Si2. The van der Waals surface area contributed by atoms with Gasteiger partial charge in [-0.05, 0) is 72.4 Å². The molecule has 0 fully saturated rings. The Balaban J connectivity index is 3.04. The number of benzene rings is 1. The summed E-state index contributed by atoms with van der Waals surface area (Å²) in [6, 6.07) is 8.03. The van der Waals surface area contributed by atoms with Crippen LogP contribution in [0.5, 0.6) is 5.75 Å². The van der Waals surface area contributed by atoms with Gasteiger partial charge >= 0.3 is 0 Å². The lowest BCUT2D eigenvalue weighted by molar-refractivity contribution is 0.102. The van der Waals surface area contributed by atoms with Crippen molar-refractivity contribution in [2.75, 3.05) is 20.3 Å². The number of hydrogen-bond acceptors (Lipinski definition) is 4. The molecular weight excluding hydrogens is 493 g/mol. The van der Waals surface area contributed by atoms with Gasteiger partial charge in [0.25, 0.3) is 0 Å². The summed E-state index contributed by atoms with van der Waals surface area (Å²) in [4.78, 5) is 0. The van der Waals surface area contributed by atoms with Crippen molar-refractivity contribution in [2.24, 2.45) is 11.8 Å². The van der Waals surface area contributed by atoms with E-state index in [4.69, 9.17) is 18.3 Å². The molecule has 1 rings (SSSR count). The van der Waals surface area contributed by atoms with Gasteiger partial charge in [-0.15, -0.1) is 6.58 Å². The lowest BCUT2D eigenvalue weighted by Gasteiger charge is -2.43. The molecule has 0 aromatic heterocycles. The van der Waals surface area contributed by atoms with Crippen LogP contribution < -0.4 is 4.74 Å². The zero-order chi connectivity index (χ0) is 28.7. The third kappa shape index (κ3) is 10.5. The Morgan fingerprint density at radius 2 is 1.46 bits per heavy atom. The van der Waals surface area contributed by atoms with Crippen LogP contribution in [0.1, 0.15) is 61.0 Å². The summed E-state index contributed by atoms with van der Waals surface area (Å²) in [5, 5.41) is 0.278. The van der Waals surface area contributed by atoms with Crippen molar-refractivity contribution in [3.8, 4) is 5.75 Å². The lowest BCUT2D eigenvalue weighted by atomic mass is 9.95. The van der Waals surface area contributed by atoms with Crippen molar-refractivity contribution in [2.45, 2.75) is 104 Å². The van der Waals surface area contributed by atoms with Crippen molar-refractivity contribution >= 4 is 16.6 Å². The van der Waals surface area contributed by atoms with E-state index >= 15 is 0 Å². The molecule has 0 heterocycles. The molecule has 0 bridgehead atoms. The monoisotopic (exact) mass is 548 g/mol. The highest BCUT2D eigenvalue weighted by Gasteiger charge is 2.42. The highest BCUT2D eigenvalue weighted by atomic mass is 28.4. The molecule has 0 amide bonds. The van der Waals surface area contributed by atoms with Crippen molar-refractivity contribution in [1.29, 1.82) is 0 Å². The van der Waals surface area contributed by atoms with E-state index in [1.807, 2.05) is 30.3 Å². The number of ether oxygens (including phenoxy) is 2. The van der Waals surface area contributed by atoms with Gasteiger partial charge in [-0.3, -0.25) is 0 Å². The van der Waals surface area contributed by atoms with Crippen LogP contribution in [0.2, 0.25) is 36.3 Å². The van der Waals surface area contributed by atoms with Crippen LogP contribution in [-0.2, 0) is 20.2 Å². The Hall–Kier alpha value is -1.19. The maximum atomic E-state index is 7.05. The van der Waals surface area contributed by atoms with Gasteiger partial charge in [-0.2, -0.15) is 0 Å². The van der Waals surface area contributed by atoms with Crippen molar-refractivity contribution < 1.29 is 18.3 Å². The first-order valence-corrected chi connectivity index (χ1v) is 19.5. The molecule has 212 valence electrons. The Bertz CT molecular complexity index is 861. The average Bonchev–Trinajstić information content (AvgIpc) is 2.77. The third-order valence-corrected chi connectivity index (χ3v) is 17.1. The molecule has 0 N–H and O–H groups in total. The summed E-state index contributed by atoms with van der Waals surface area (Å²) in [6.45, 7) is 33.4. The fourth-order valence-corrected chi connectivity index (χ4v) is 5.88. The van der Waals surface area contributed by atoms with E-state index in [0.29, 0.717) is 19.8 Å². The molecule has 0 aliphatic carbocycles. The van der Waals surface area contributed by atoms with Gasteiger partial charge in [0.2, 0.25) is 0 Å². The van der Waals surface area contributed by atoms with Gasteiger partial charge in [0.05, 0.1) is 26.4 Å². The molecule has 0 radical (unpaired) electrons. The van der Waals surface area contributed by atoms with Crippen LogP contribution >= 0.6 is 0 Å². The second-order valence-corrected chi connectivity index (χ2v) is 23.1. The zero-order valence-electron chi connectivity index (χ0n) is 26.2. The molecule has 0 aliphatic heterocycles. The fourth-order valence-electron chi connectivity index (χ4n) is 3.49. The summed E-state index contributed by atoms with van der Waals surface area (Å²) < 4.78 is 25.0. The Labute approximate surface area is 231 Å². The van der Waals surface area contributed by atoms with Gasteiger partial charge in [0.1, 0.15) is 5.75 Å². The van der Waals surface area contributed by atoms with Crippen LogP contribution in [-0.4, -0.2) is 43.1 Å². The predicted molar refractivity (Wildman–Crippen MR) is 164 cm³/mol. The van der Waals surface area contributed by atoms with Crippen molar-refractivity contribution in [3.05, 3.63) is 54.1 Å². The first-order chi connectivity index (χ1) is 16.8. The molecule has 0 spiro atoms. The van der Waals surface area contributed by atoms with Crippen LogP contribution in [0.3, 0.4) is 0 Å². The topological polar surface area (TPSA) is 36.9 Å². The molecule has 0 saturated heterocycles. The summed E-state index contributed by atoms with van der Waals surface area (Å²) >= 11 is 0. The second kappa shape index (κ2) is 13.7. The van der Waals surface area contributed by atoms with Crippen LogP contribution in [0.25, 0.3) is 0 Å². The van der Waals surface area contributed by atoms with Gasteiger partial charge in [-0.25, -0.2) is 0 Å². The van der Waals surface area contributed by atoms with Gasteiger partial charge in [-0.1, -0.05) is 72.8 Å². The highest BCUT2D eigenvalue weighted by molar-refractivity contribution is 6.74. The standard InChI is InChI=1S/C31H56O4Si2/c1-15-27(23-34-36(11,12)30(4,5)6)29(35-37(13,14)31(7,8)9)25(3)20-24(2)21-33-22-26-16-18-28(32-10)19-17-26/h15-20,24,27,29H,1,21-23H2,2-14H3/b25-20+/t24-,27-,29-/m1/s1. The largest absolute Gasteiger partial charge is 0.497 e. The first-order valence-electron chi connectivity index (χ1n) is 13.7. The van der Waals surface area contributed by atoms with E-state index in [1.54, 1.807) is 7.11 Å². The van der Waals surface area contributed by atoms with Crippen LogP contribution in [0.4, 0.5) is 0 Å². The number of rotatable bonds is 14. The molecule has 0 aliphatic rings. The molecule has 37 heavy (non-hydrogen) atoms. The Morgan fingerprint density at radius 3 is 1.92 bits per heavy atom. The minimum atomic E-state index is -2.02. The van der Waals surface area contributed by atoms with Gasteiger partial charge in [0, 0.05) is 12.5 Å². The van der Waals surface area contributed by atoms with Crippen LogP contribution in [0, 0.1) is 11.8 Å². The SMILES string of the molecule is C=C[C@H](CO[Si](C)(C)C(C)(C)C)[C@H](O[Si](C)(C)C(C)(C)C)/C(C)=C/[C@@H](C)COCc1ccc(OC)cc1. The van der Waals surface area contributed by atoms with Crippen molar-refractivity contribution in [1.82, 2.24) is 0 Å². The molecule has 1 aromatic rings. The smallest absolute Gasteiger partial charge is 0.192 e. The minimum Gasteiger partial charge on any atom is -0.497 e. The quantitative estimate of drug-likeness (QED) is 0.172. The molecule has 1 aromatic carbocycles. The van der Waals surface area contributed by atoms with Gasteiger partial charge in [0.15, 0.2) is 16.6 Å². The zero-order valence-corrected chi connectivity index (χ0v) is 28.2. The highest BCUT2D eigenvalue weighted by Crippen LogP contribution is 2.40. The fraction of sp³-hybridized carbons (Fsp3) is 0.677. The van der Waals surface area contributed by atoms with E-state index in [1.165, 1.54) is 5.57 Å². The maximum Gasteiger partial charge on any atom is 0.192 e. The summed E-state index contributed by atoms with van der Waals surface area (Å²) in [6.07, 6.45) is 4.29. The Kier molecular flexibility index (Phi) is 12.6. The molecule has 4 nitrogen and oxygen atoms in total. The lowest BCUT2D eigenvalue weighted by Crippen LogP contribution is -2.48. The molecule has 0 saturated carbocycles. The summed E-state index contributed by atoms with van der Waals surface area (Å²) in [5.41, 5.74) is 2.37. The summed E-state index contributed by atoms with van der Waals surface area (Å²) in [5.74, 6) is 1.21. The van der Waals surface area contributed by atoms with Crippen molar-refractivity contribution in [3.63, 3.8) is 0 Å². The van der Waals surface area contributed by atoms with E-state index in [-0.39, 0.29) is 28.0 Å². The second-order valence-electron chi connectivity index (χ2n) is 13.5. The average molecular weight is 549 g/mol.